The van der Waals surface area contributed by atoms with E-state index in [2.05, 4.69) is 22.2 Å². The van der Waals surface area contributed by atoms with E-state index in [9.17, 15) is 0 Å². The molecule has 4 nitrogen and oxygen atoms in total. The zero-order valence-electron chi connectivity index (χ0n) is 10.6. The highest BCUT2D eigenvalue weighted by atomic mass is 35.5. The normalized spacial score (nSPS) is 12.9. The van der Waals surface area contributed by atoms with E-state index in [0.29, 0.717) is 11.7 Å². The first kappa shape index (κ1) is 14.5. The molecule has 0 saturated heterocycles. The molecule has 0 bridgehead atoms. The Bertz CT molecular complexity index is 328. The van der Waals surface area contributed by atoms with Crippen LogP contribution in [-0.2, 0) is 13.0 Å². The van der Waals surface area contributed by atoms with Crippen molar-refractivity contribution in [2.24, 2.45) is 0 Å². The molecule has 1 heterocycles. The summed E-state index contributed by atoms with van der Waals surface area (Å²) in [5, 5.41) is 12.7. The third-order valence-corrected chi connectivity index (χ3v) is 3.05. The number of aromatic amines is 1. The summed E-state index contributed by atoms with van der Waals surface area (Å²) >= 11 is 6.05. The molecule has 1 aromatic rings. The number of halogens is 1. The lowest BCUT2D eigenvalue weighted by atomic mass is 10.2. The van der Waals surface area contributed by atoms with Gasteiger partial charge in [-0.05, 0) is 19.8 Å². The van der Waals surface area contributed by atoms with Crippen molar-refractivity contribution in [1.82, 2.24) is 15.3 Å². The second-order valence-corrected chi connectivity index (χ2v) is 4.71. The summed E-state index contributed by atoms with van der Waals surface area (Å²) in [5.74, 6) is 0.962. The molecule has 17 heavy (non-hydrogen) atoms. The number of hydrogen-bond acceptors (Lipinski definition) is 3. The topological polar surface area (TPSA) is 60.9 Å². The Hall–Kier alpha value is -0.580. The van der Waals surface area contributed by atoms with Gasteiger partial charge in [-0.2, -0.15) is 0 Å². The van der Waals surface area contributed by atoms with E-state index >= 15 is 0 Å². The van der Waals surface area contributed by atoms with Gasteiger partial charge in [-0.3, -0.25) is 0 Å². The molecule has 0 amide bonds. The Morgan fingerprint density at radius 1 is 1.53 bits per heavy atom. The molecule has 1 aromatic heterocycles. The van der Waals surface area contributed by atoms with Crippen LogP contribution < -0.4 is 5.32 Å². The van der Waals surface area contributed by atoms with Gasteiger partial charge < -0.3 is 15.4 Å². The van der Waals surface area contributed by atoms with Crippen molar-refractivity contribution in [3.05, 3.63) is 16.7 Å². The summed E-state index contributed by atoms with van der Waals surface area (Å²) in [6, 6.07) is 0.276. The van der Waals surface area contributed by atoms with Crippen LogP contribution >= 0.6 is 11.6 Å². The predicted octanol–water partition coefficient (Wildman–Crippen LogP) is 2.27. The Labute approximate surface area is 108 Å². The second kappa shape index (κ2) is 7.69. The summed E-state index contributed by atoms with van der Waals surface area (Å²) in [4.78, 5) is 7.54. The largest absolute Gasteiger partial charge is 0.396 e. The zero-order valence-corrected chi connectivity index (χ0v) is 11.3. The van der Waals surface area contributed by atoms with E-state index in [0.717, 1.165) is 37.2 Å². The lowest BCUT2D eigenvalue weighted by Crippen LogP contribution is -2.26. The van der Waals surface area contributed by atoms with Crippen LogP contribution in [0.4, 0.5) is 0 Å². The van der Waals surface area contributed by atoms with Crippen LogP contribution in [0.3, 0.4) is 0 Å². The van der Waals surface area contributed by atoms with E-state index in [4.69, 9.17) is 16.7 Å². The monoisotopic (exact) mass is 259 g/mol. The van der Waals surface area contributed by atoms with Gasteiger partial charge in [-0.25, -0.2) is 4.98 Å². The number of imidazole rings is 1. The van der Waals surface area contributed by atoms with Crippen molar-refractivity contribution in [2.75, 3.05) is 6.61 Å². The van der Waals surface area contributed by atoms with Crippen molar-refractivity contribution in [2.45, 2.75) is 52.1 Å². The zero-order chi connectivity index (χ0) is 12.7. The van der Waals surface area contributed by atoms with Crippen molar-refractivity contribution in [1.29, 1.82) is 0 Å². The summed E-state index contributed by atoms with van der Waals surface area (Å²) in [6.45, 7) is 5.06. The molecule has 0 radical (unpaired) electrons. The molecule has 98 valence electrons. The van der Waals surface area contributed by atoms with Crippen LogP contribution in [0.2, 0.25) is 5.15 Å². The number of nitrogens with one attached hydrogen (secondary N) is 2. The van der Waals surface area contributed by atoms with Gasteiger partial charge in [0.1, 0.15) is 5.82 Å². The summed E-state index contributed by atoms with van der Waals surface area (Å²) in [5.41, 5.74) is 0.933. The van der Waals surface area contributed by atoms with Gasteiger partial charge in [0.25, 0.3) is 0 Å². The molecule has 3 N–H and O–H groups in total. The molecular weight excluding hydrogens is 238 g/mol. The fourth-order valence-corrected chi connectivity index (χ4v) is 1.81. The number of H-pyrrole nitrogens is 1. The van der Waals surface area contributed by atoms with Crippen LogP contribution in [0.25, 0.3) is 0 Å². The maximum absolute atomic E-state index is 8.80. The molecular formula is C12H22ClN3O. The Balaban J connectivity index is 2.44. The highest BCUT2D eigenvalue weighted by Crippen LogP contribution is 2.14. The van der Waals surface area contributed by atoms with E-state index in [1.165, 1.54) is 0 Å². The molecule has 0 saturated carbocycles. The molecule has 0 fully saturated rings. The van der Waals surface area contributed by atoms with Gasteiger partial charge in [0.05, 0.1) is 5.69 Å². The van der Waals surface area contributed by atoms with Crippen LogP contribution in [0.5, 0.6) is 0 Å². The van der Waals surface area contributed by atoms with Gasteiger partial charge >= 0.3 is 0 Å². The minimum Gasteiger partial charge on any atom is -0.396 e. The molecule has 0 aromatic carbocycles. The van der Waals surface area contributed by atoms with E-state index < -0.39 is 0 Å². The predicted molar refractivity (Wildman–Crippen MR) is 70.2 cm³/mol. The molecule has 1 rings (SSSR count). The van der Waals surface area contributed by atoms with Crippen molar-refractivity contribution < 1.29 is 5.11 Å². The average molecular weight is 260 g/mol. The number of nitrogens with zero attached hydrogens (tertiary/aromatic N) is 1. The number of aliphatic hydroxyl groups is 1. The van der Waals surface area contributed by atoms with Gasteiger partial charge in [0.15, 0.2) is 5.15 Å². The van der Waals surface area contributed by atoms with Gasteiger partial charge in [0, 0.05) is 25.6 Å². The van der Waals surface area contributed by atoms with Crippen molar-refractivity contribution in [3.63, 3.8) is 0 Å². The SMILES string of the molecule is CCCCc1nc(Cl)c(CNC(C)CCO)[nH]1. The first-order chi connectivity index (χ1) is 8.17. The lowest BCUT2D eigenvalue weighted by Gasteiger charge is -2.11. The second-order valence-electron chi connectivity index (χ2n) is 4.35. The summed E-state index contributed by atoms with van der Waals surface area (Å²) < 4.78 is 0. The Morgan fingerprint density at radius 3 is 2.94 bits per heavy atom. The van der Waals surface area contributed by atoms with Crippen LogP contribution in [0.15, 0.2) is 0 Å². The fraction of sp³-hybridized carbons (Fsp3) is 0.750. The first-order valence-corrected chi connectivity index (χ1v) is 6.62. The van der Waals surface area contributed by atoms with E-state index in [-0.39, 0.29) is 12.6 Å². The number of rotatable bonds is 8. The number of aromatic nitrogens is 2. The maximum Gasteiger partial charge on any atom is 0.151 e. The van der Waals surface area contributed by atoms with Crippen LogP contribution in [0, 0.1) is 0 Å². The van der Waals surface area contributed by atoms with Crippen molar-refractivity contribution >= 4 is 11.6 Å². The van der Waals surface area contributed by atoms with Crippen LogP contribution in [-0.4, -0.2) is 27.7 Å². The molecule has 5 heteroatoms. The smallest absolute Gasteiger partial charge is 0.151 e. The highest BCUT2D eigenvalue weighted by molar-refractivity contribution is 6.30. The fourth-order valence-electron chi connectivity index (χ4n) is 1.59. The Kier molecular flexibility index (Phi) is 6.55. The van der Waals surface area contributed by atoms with Crippen molar-refractivity contribution in [3.8, 4) is 0 Å². The molecule has 0 aliphatic carbocycles. The van der Waals surface area contributed by atoms with Gasteiger partial charge in [-0.15, -0.1) is 0 Å². The standard InChI is InChI=1S/C12H22ClN3O/c1-3-4-5-11-15-10(12(13)16-11)8-14-9(2)6-7-17/h9,14,17H,3-8H2,1-2H3,(H,15,16). The lowest BCUT2D eigenvalue weighted by molar-refractivity contribution is 0.268. The van der Waals surface area contributed by atoms with Gasteiger partial charge in [0.2, 0.25) is 0 Å². The number of hydrogen-bond donors (Lipinski definition) is 3. The Morgan fingerprint density at radius 2 is 2.29 bits per heavy atom. The number of aliphatic hydroxyl groups excluding tert-OH is 1. The minimum atomic E-state index is 0.201. The molecule has 0 aliphatic heterocycles. The minimum absolute atomic E-state index is 0.201. The van der Waals surface area contributed by atoms with E-state index in [1.54, 1.807) is 0 Å². The summed E-state index contributed by atoms with van der Waals surface area (Å²) in [6.07, 6.45) is 3.97. The van der Waals surface area contributed by atoms with Crippen LogP contribution in [0.1, 0.15) is 44.6 Å². The van der Waals surface area contributed by atoms with E-state index in [1.807, 2.05) is 6.92 Å². The molecule has 0 aliphatic rings. The summed E-state index contributed by atoms with van der Waals surface area (Å²) in [7, 11) is 0. The number of aryl methyl sites for hydroxylation is 1. The third-order valence-electron chi connectivity index (χ3n) is 2.73. The molecule has 1 unspecified atom stereocenters. The quantitative estimate of drug-likeness (QED) is 0.671. The maximum atomic E-state index is 8.80. The van der Waals surface area contributed by atoms with Gasteiger partial charge in [-0.1, -0.05) is 24.9 Å². The molecule has 0 spiro atoms. The first-order valence-electron chi connectivity index (χ1n) is 6.24. The highest BCUT2D eigenvalue weighted by Gasteiger charge is 2.09. The molecule has 1 atom stereocenters. The average Bonchev–Trinajstić information content (AvgIpc) is 2.65. The third kappa shape index (κ3) is 5.06. The number of unbranched alkanes of at least 4 members (excludes halogenated alkanes) is 1.